The van der Waals surface area contributed by atoms with E-state index in [0.717, 1.165) is 25.7 Å². The maximum absolute atomic E-state index is 12.9. The van der Waals surface area contributed by atoms with Crippen LogP contribution in [0.2, 0.25) is 5.02 Å². The monoisotopic (exact) mass is 477 g/mol. The van der Waals surface area contributed by atoms with Gasteiger partial charge in [0.25, 0.3) is 11.8 Å². The molecule has 32 heavy (non-hydrogen) atoms. The van der Waals surface area contributed by atoms with Crippen LogP contribution >= 0.6 is 11.6 Å². The molecule has 7 nitrogen and oxygen atoms in total. The molecule has 0 aliphatic heterocycles. The zero-order chi connectivity index (χ0) is 23.3. The third-order valence-corrected chi connectivity index (χ3v) is 8.16. The topological polar surface area (TPSA) is 95.6 Å². The molecule has 0 aromatic heterocycles. The number of benzene rings is 2. The first-order valence-corrected chi connectivity index (χ1v) is 12.6. The Morgan fingerprint density at radius 2 is 1.69 bits per heavy atom. The lowest BCUT2D eigenvalue weighted by atomic mass is 10.1. The summed E-state index contributed by atoms with van der Waals surface area (Å²) >= 11 is 6.16. The number of amides is 2. The van der Waals surface area contributed by atoms with Gasteiger partial charge < -0.3 is 10.6 Å². The summed E-state index contributed by atoms with van der Waals surface area (Å²) in [7, 11) is -3.84. The quantitative estimate of drug-likeness (QED) is 0.592. The van der Waals surface area contributed by atoms with Gasteiger partial charge in [-0.3, -0.25) is 9.59 Å². The van der Waals surface area contributed by atoms with Crippen LogP contribution in [0.3, 0.4) is 0 Å². The van der Waals surface area contributed by atoms with E-state index in [-0.39, 0.29) is 40.5 Å². The summed E-state index contributed by atoms with van der Waals surface area (Å²) in [4.78, 5) is 25.6. The van der Waals surface area contributed by atoms with Crippen molar-refractivity contribution in [2.45, 2.75) is 50.5 Å². The Bertz CT molecular complexity index is 1090. The molecule has 0 saturated heterocycles. The van der Waals surface area contributed by atoms with Crippen molar-refractivity contribution >= 4 is 39.1 Å². The van der Waals surface area contributed by atoms with Crippen molar-refractivity contribution in [3.8, 4) is 0 Å². The number of carbonyl (C=O) groups excluding carboxylic acids is 2. The van der Waals surface area contributed by atoms with Crippen molar-refractivity contribution in [3.63, 3.8) is 0 Å². The number of rotatable bonds is 8. The average molecular weight is 478 g/mol. The first-order chi connectivity index (χ1) is 15.3. The molecular weight excluding hydrogens is 450 g/mol. The van der Waals surface area contributed by atoms with Crippen LogP contribution in [0.4, 0.5) is 5.69 Å². The van der Waals surface area contributed by atoms with Crippen molar-refractivity contribution in [1.29, 1.82) is 0 Å². The lowest BCUT2D eigenvalue weighted by Gasteiger charge is -2.19. The summed E-state index contributed by atoms with van der Waals surface area (Å²) in [6.45, 7) is 4.04. The average Bonchev–Trinajstić information content (AvgIpc) is 3.28. The highest BCUT2D eigenvalue weighted by Crippen LogP contribution is 2.27. The fourth-order valence-corrected chi connectivity index (χ4v) is 5.82. The molecule has 2 aromatic rings. The highest BCUT2D eigenvalue weighted by Gasteiger charge is 2.26. The second-order valence-electron chi connectivity index (χ2n) is 7.69. The van der Waals surface area contributed by atoms with Crippen LogP contribution in [-0.4, -0.2) is 43.7 Å². The summed E-state index contributed by atoms with van der Waals surface area (Å²) in [5.74, 6) is -0.771. The number of hydrogen-bond donors (Lipinski definition) is 2. The lowest BCUT2D eigenvalue weighted by molar-refractivity contribution is 0.0938. The Labute approximate surface area is 194 Å². The molecule has 1 aliphatic carbocycles. The predicted molar refractivity (Wildman–Crippen MR) is 126 cm³/mol. The van der Waals surface area contributed by atoms with Gasteiger partial charge in [0, 0.05) is 24.7 Å². The largest absolute Gasteiger partial charge is 0.349 e. The molecule has 0 atom stereocenters. The normalized spacial score (nSPS) is 14.5. The zero-order valence-corrected chi connectivity index (χ0v) is 19.8. The highest BCUT2D eigenvalue weighted by molar-refractivity contribution is 7.89. The van der Waals surface area contributed by atoms with E-state index < -0.39 is 15.9 Å². The first-order valence-electron chi connectivity index (χ1n) is 10.8. The number of nitrogens with zero attached hydrogens (tertiary/aromatic N) is 1. The van der Waals surface area contributed by atoms with E-state index in [4.69, 9.17) is 11.6 Å². The molecule has 0 bridgehead atoms. The summed E-state index contributed by atoms with van der Waals surface area (Å²) in [5.41, 5.74) is 0.847. The second kappa shape index (κ2) is 10.5. The van der Waals surface area contributed by atoms with Crippen LogP contribution < -0.4 is 10.6 Å². The van der Waals surface area contributed by atoms with E-state index in [1.54, 1.807) is 38.1 Å². The Kier molecular flexibility index (Phi) is 7.92. The van der Waals surface area contributed by atoms with E-state index in [0.29, 0.717) is 11.3 Å². The fourth-order valence-electron chi connectivity index (χ4n) is 3.86. The summed E-state index contributed by atoms with van der Waals surface area (Å²) < 4.78 is 27.1. The molecule has 0 heterocycles. The summed E-state index contributed by atoms with van der Waals surface area (Å²) in [6, 6.07) is 11.0. The minimum Gasteiger partial charge on any atom is -0.349 e. The molecule has 2 N–H and O–H groups in total. The van der Waals surface area contributed by atoms with Gasteiger partial charge in [-0.15, -0.1) is 0 Å². The van der Waals surface area contributed by atoms with Crippen LogP contribution in [-0.2, 0) is 10.0 Å². The number of halogens is 1. The smallest absolute Gasteiger partial charge is 0.255 e. The van der Waals surface area contributed by atoms with E-state index in [1.807, 2.05) is 0 Å². The van der Waals surface area contributed by atoms with E-state index >= 15 is 0 Å². The van der Waals surface area contributed by atoms with Gasteiger partial charge in [-0.1, -0.05) is 50.4 Å². The fraction of sp³-hybridized carbons (Fsp3) is 0.391. The zero-order valence-electron chi connectivity index (χ0n) is 18.2. The van der Waals surface area contributed by atoms with Gasteiger partial charge in [-0.05, 0) is 43.2 Å². The van der Waals surface area contributed by atoms with Crippen LogP contribution in [0.1, 0.15) is 60.2 Å². The molecule has 2 aromatic carbocycles. The number of sulfonamides is 1. The van der Waals surface area contributed by atoms with Crippen molar-refractivity contribution < 1.29 is 18.0 Å². The molecule has 1 aliphatic rings. The van der Waals surface area contributed by atoms with Gasteiger partial charge in [0.15, 0.2) is 0 Å². The molecular formula is C23H28ClN3O4S. The van der Waals surface area contributed by atoms with Gasteiger partial charge in [-0.2, -0.15) is 4.31 Å². The maximum atomic E-state index is 12.9. The first kappa shape index (κ1) is 24.2. The summed E-state index contributed by atoms with van der Waals surface area (Å²) in [6.07, 6.45) is 4.10. The van der Waals surface area contributed by atoms with Crippen molar-refractivity contribution in [2.75, 3.05) is 18.4 Å². The molecule has 3 rings (SSSR count). The molecule has 0 radical (unpaired) electrons. The van der Waals surface area contributed by atoms with Gasteiger partial charge in [0.05, 0.1) is 16.3 Å². The Morgan fingerprint density at radius 3 is 2.34 bits per heavy atom. The van der Waals surface area contributed by atoms with E-state index in [9.17, 15) is 18.0 Å². The minimum absolute atomic E-state index is 0.0461. The van der Waals surface area contributed by atoms with E-state index in [1.165, 1.54) is 22.5 Å². The second-order valence-corrected chi connectivity index (χ2v) is 10.0. The molecule has 0 spiro atoms. The number of para-hydroxylation sites is 1. The number of anilines is 1. The van der Waals surface area contributed by atoms with Crippen molar-refractivity contribution in [2.24, 2.45) is 0 Å². The SMILES string of the molecule is CCN(CC)S(=O)(=O)c1cc(C(=O)Nc2ccccc2C(=O)NC2CCCC2)ccc1Cl. The van der Waals surface area contributed by atoms with Gasteiger partial charge >= 0.3 is 0 Å². The van der Waals surface area contributed by atoms with Gasteiger partial charge in [0.2, 0.25) is 10.0 Å². The van der Waals surface area contributed by atoms with Crippen molar-refractivity contribution in [1.82, 2.24) is 9.62 Å². The third kappa shape index (κ3) is 5.31. The van der Waals surface area contributed by atoms with Gasteiger partial charge in [-0.25, -0.2) is 8.42 Å². The number of hydrogen-bond acceptors (Lipinski definition) is 4. The number of carbonyl (C=O) groups is 2. The summed E-state index contributed by atoms with van der Waals surface area (Å²) in [5, 5.41) is 5.80. The minimum atomic E-state index is -3.84. The Morgan fingerprint density at radius 1 is 1.03 bits per heavy atom. The molecule has 2 amide bonds. The van der Waals surface area contributed by atoms with Crippen LogP contribution in [0, 0.1) is 0 Å². The third-order valence-electron chi connectivity index (χ3n) is 5.63. The van der Waals surface area contributed by atoms with E-state index in [2.05, 4.69) is 10.6 Å². The molecule has 9 heteroatoms. The molecule has 1 saturated carbocycles. The Hall–Kier alpha value is -2.42. The van der Waals surface area contributed by atoms with Crippen LogP contribution in [0.25, 0.3) is 0 Å². The van der Waals surface area contributed by atoms with Crippen LogP contribution in [0.5, 0.6) is 0 Å². The molecule has 1 fully saturated rings. The highest BCUT2D eigenvalue weighted by atomic mass is 35.5. The Balaban J connectivity index is 1.85. The molecule has 0 unspecified atom stereocenters. The van der Waals surface area contributed by atoms with Crippen LogP contribution in [0.15, 0.2) is 47.4 Å². The number of nitrogens with one attached hydrogen (secondary N) is 2. The van der Waals surface area contributed by atoms with Gasteiger partial charge in [0.1, 0.15) is 4.90 Å². The lowest BCUT2D eigenvalue weighted by Crippen LogP contribution is -2.33. The standard InChI is InChI=1S/C23H28ClN3O4S/c1-3-27(4-2)32(30,31)21-15-16(13-14-19(21)24)22(28)26-20-12-8-7-11-18(20)23(29)25-17-9-5-6-10-17/h7-8,11-15,17H,3-6,9-10H2,1-2H3,(H,25,29)(H,26,28). The molecule has 172 valence electrons. The maximum Gasteiger partial charge on any atom is 0.255 e. The van der Waals surface area contributed by atoms with Crippen molar-refractivity contribution in [3.05, 3.63) is 58.6 Å². The predicted octanol–water partition coefficient (Wildman–Crippen LogP) is 4.30.